The SMILES string of the molecule is CC(C)(C)n1nnnc1[C@@H](c1cccs1)N1CCN(c2ccccn2)CC1. The van der Waals surface area contributed by atoms with Crippen LogP contribution in [0, 0.1) is 0 Å². The van der Waals surface area contributed by atoms with E-state index in [4.69, 9.17) is 0 Å². The first kappa shape index (κ1) is 18.1. The van der Waals surface area contributed by atoms with Gasteiger partial charge in [-0.05, 0) is 54.8 Å². The molecule has 0 unspecified atom stereocenters. The Morgan fingerprint density at radius 2 is 1.85 bits per heavy atom. The van der Waals surface area contributed by atoms with Crippen LogP contribution in [0.1, 0.15) is 37.5 Å². The molecule has 0 aliphatic carbocycles. The maximum atomic E-state index is 4.49. The van der Waals surface area contributed by atoms with Crippen LogP contribution in [0.2, 0.25) is 0 Å². The van der Waals surface area contributed by atoms with E-state index in [-0.39, 0.29) is 11.6 Å². The molecule has 0 saturated carbocycles. The van der Waals surface area contributed by atoms with Crippen LogP contribution in [-0.4, -0.2) is 56.3 Å². The summed E-state index contributed by atoms with van der Waals surface area (Å²) in [6, 6.07) is 10.4. The molecule has 0 spiro atoms. The quantitative estimate of drug-likeness (QED) is 0.690. The van der Waals surface area contributed by atoms with Crippen LogP contribution in [0.15, 0.2) is 41.9 Å². The van der Waals surface area contributed by atoms with E-state index in [9.17, 15) is 0 Å². The molecule has 1 aliphatic heterocycles. The molecule has 8 heteroatoms. The highest BCUT2D eigenvalue weighted by Gasteiger charge is 2.33. The van der Waals surface area contributed by atoms with Gasteiger partial charge in [0.1, 0.15) is 11.9 Å². The van der Waals surface area contributed by atoms with Crippen LogP contribution >= 0.6 is 11.3 Å². The van der Waals surface area contributed by atoms with E-state index in [1.807, 2.05) is 23.0 Å². The molecule has 142 valence electrons. The zero-order valence-corrected chi connectivity index (χ0v) is 16.8. The van der Waals surface area contributed by atoms with Crippen molar-refractivity contribution in [3.05, 3.63) is 52.6 Å². The second kappa shape index (κ2) is 7.36. The normalized spacial score (nSPS) is 17.2. The number of nitrogens with zero attached hydrogens (tertiary/aromatic N) is 7. The number of hydrogen-bond donors (Lipinski definition) is 0. The average molecular weight is 384 g/mol. The van der Waals surface area contributed by atoms with Gasteiger partial charge in [0.25, 0.3) is 0 Å². The molecule has 1 aliphatic rings. The molecule has 1 fully saturated rings. The second-order valence-corrected chi connectivity index (χ2v) is 8.73. The number of anilines is 1. The number of hydrogen-bond acceptors (Lipinski definition) is 7. The van der Waals surface area contributed by atoms with E-state index in [0.29, 0.717) is 0 Å². The van der Waals surface area contributed by atoms with Crippen molar-refractivity contribution in [2.24, 2.45) is 0 Å². The molecular formula is C19H25N7S. The lowest BCUT2D eigenvalue weighted by Gasteiger charge is -2.39. The topological polar surface area (TPSA) is 63.0 Å². The van der Waals surface area contributed by atoms with Crippen molar-refractivity contribution < 1.29 is 0 Å². The van der Waals surface area contributed by atoms with Crippen molar-refractivity contribution in [2.45, 2.75) is 32.4 Å². The standard InChI is InChI=1S/C19H25N7S/c1-19(2,3)26-18(21-22-23-26)17(15-7-6-14-27-15)25-12-10-24(11-13-25)16-8-4-5-9-20-16/h4-9,14,17H,10-13H2,1-3H3/t17-/m1/s1. The van der Waals surface area contributed by atoms with Gasteiger partial charge in [-0.15, -0.1) is 16.4 Å². The lowest BCUT2D eigenvalue weighted by Crippen LogP contribution is -2.48. The smallest absolute Gasteiger partial charge is 0.174 e. The summed E-state index contributed by atoms with van der Waals surface area (Å²) in [6.45, 7) is 10.2. The highest BCUT2D eigenvalue weighted by atomic mass is 32.1. The summed E-state index contributed by atoms with van der Waals surface area (Å²) in [4.78, 5) is 10.6. The fourth-order valence-corrected chi connectivity index (χ4v) is 4.36. The summed E-state index contributed by atoms with van der Waals surface area (Å²) in [6.07, 6.45) is 1.85. The zero-order chi connectivity index (χ0) is 18.9. The molecule has 3 aromatic heterocycles. The summed E-state index contributed by atoms with van der Waals surface area (Å²) in [5.74, 6) is 1.96. The molecule has 3 aromatic rings. The molecule has 4 rings (SSSR count). The highest BCUT2D eigenvalue weighted by molar-refractivity contribution is 7.10. The van der Waals surface area contributed by atoms with Crippen molar-refractivity contribution in [3.8, 4) is 0 Å². The minimum atomic E-state index is -0.163. The molecule has 4 heterocycles. The number of pyridine rings is 1. The van der Waals surface area contributed by atoms with Crippen molar-refractivity contribution in [2.75, 3.05) is 31.1 Å². The molecule has 0 N–H and O–H groups in total. The Kier molecular flexibility index (Phi) is 4.92. The van der Waals surface area contributed by atoms with Crippen molar-refractivity contribution in [3.63, 3.8) is 0 Å². The number of tetrazole rings is 1. The Hall–Kier alpha value is -2.32. The number of rotatable bonds is 4. The van der Waals surface area contributed by atoms with E-state index in [1.165, 1.54) is 4.88 Å². The Labute approximate surface area is 163 Å². The zero-order valence-electron chi connectivity index (χ0n) is 16.0. The van der Waals surface area contributed by atoms with Gasteiger partial charge in [-0.3, -0.25) is 4.90 Å². The van der Waals surface area contributed by atoms with E-state index >= 15 is 0 Å². The van der Waals surface area contributed by atoms with E-state index < -0.39 is 0 Å². The van der Waals surface area contributed by atoms with Crippen LogP contribution in [0.25, 0.3) is 0 Å². The summed E-state index contributed by atoms with van der Waals surface area (Å²) < 4.78 is 1.96. The fraction of sp³-hybridized carbons (Fsp3) is 0.474. The molecule has 0 aromatic carbocycles. The molecule has 27 heavy (non-hydrogen) atoms. The number of thiophene rings is 1. The summed E-state index contributed by atoms with van der Waals surface area (Å²) in [5, 5.41) is 14.8. The monoisotopic (exact) mass is 383 g/mol. The van der Waals surface area contributed by atoms with Crippen molar-refractivity contribution in [1.82, 2.24) is 30.1 Å². The minimum Gasteiger partial charge on any atom is -0.354 e. The number of piperazine rings is 1. The fourth-order valence-electron chi connectivity index (χ4n) is 3.51. The lowest BCUT2D eigenvalue weighted by atomic mass is 10.1. The molecule has 1 atom stereocenters. The van der Waals surface area contributed by atoms with Crippen molar-refractivity contribution >= 4 is 17.2 Å². The Bertz CT molecular complexity index is 846. The predicted octanol–water partition coefficient (Wildman–Crippen LogP) is 2.80. The third kappa shape index (κ3) is 3.72. The van der Waals surface area contributed by atoms with Gasteiger partial charge in [-0.1, -0.05) is 12.1 Å². The van der Waals surface area contributed by atoms with Gasteiger partial charge >= 0.3 is 0 Å². The van der Waals surface area contributed by atoms with Crippen molar-refractivity contribution in [1.29, 1.82) is 0 Å². The van der Waals surface area contributed by atoms with Gasteiger partial charge in [-0.25, -0.2) is 9.67 Å². The largest absolute Gasteiger partial charge is 0.354 e. The molecule has 7 nitrogen and oxygen atoms in total. The molecule has 0 radical (unpaired) electrons. The lowest BCUT2D eigenvalue weighted by molar-refractivity contribution is 0.193. The second-order valence-electron chi connectivity index (χ2n) is 7.75. The van der Waals surface area contributed by atoms with Gasteiger partial charge in [0.05, 0.1) is 5.54 Å². The maximum Gasteiger partial charge on any atom is 0.174 e. The Morgan fingerprint density at radius 3 is 2.48 bits per heavy atom. The Morgan fingerprint density at radius 1 is 1.04 bits per heavy atom. The highest BCUT2D eigenvalue weighted by Crippen LogP contribution is 2.33. The average Bonchev–Trinajstić information content (AvgIpc) is 3.36. The predicted molar refractivity (Wildman–Crippen MR) is 107 cm³/mol. The summed E-state index contributed by atoms with van der Waals surface area (Å²) in [7, 11) is 0. The number of aromatic nitrogens is 5. The van der Waals surface area contributed by atoms with Gasteiger partial charge < -0.3 is 4.90 Å². The first-order valence-corrected chi connectivity index (χ1v) is 10.1. The van der Waals surface area contributed by atoms with Crippen LogP contribution in [-0.2, 0) is 5.54 Å². The minimum absolute atomic E-state index is 0.0742. The van der Waals surface area contributed by atoms with E-state index in [0.717, 1.165) is 37.8 Å². The van der Waals surface area contributed by atoms with Gasteiger partial charge in [-0.2, -0.15) is 0 Å². The van der Waals surface area contributed by atoms with E-state index in [1.54, 1.807) is 11.3 Å². The summed E-state index contributed by atoms with van der Waals surface area (Å²) in [5.41, 5.74) is -0.163. The van der Waals surface area contributed by atoms with Crippen LogP contribution in [0.3, 0.4) is 0 Å². The first-order chi connectivity index (χ1) is 13.0. The summed E-state index contributed by atoms with van der Waals surface area (Å²) >= 11 is 1.76. The Balaban J connectivity index is 1.60. The molecular weight excluding hydrogens is 358 g/mol. The first-order valence-electron chi connectivity index (χ1n) is 9.26. The van der Waals surface area contributed by atoms with E-state index in [2.05, 4.69) is 74.7 Å². The van der Waals surface area contributed by atoms with Gasteiger partial charge in [0, 0.05) is 37.3 Å². The van der Waals surface area contributed by atoms with Gasteiger partial charge in [0.2, 0.25) is 0 Å². The van der Waals surface area contributed by atoms with Gasteiger partial charge in [0.15, 0.2) is 5.82 Å². The van der Waals surface area contributed by atoms with Crippen LogP contribution in [0.4, 0.5) is 5.82 Å². The third-order valence-corrected chi connectivity index (χ3v) is 5.76. The molecule has 0 bridgehead atoms. The molecule has 0 amide bonds. The van der Waals surface area contributed by atoms with Crippen LogP contribution < -0.4 is 4.90 Å². The maximum absolute atomic E-state index is 4.49. The van der Waals surface area contributed by atoms with Crippen LogP contribution in [0.5, 0.6) is 0 Å². The third-order valence-electron chi connectivity index (χ3n) is 4.84. The molecule has 1 saturated heterocycles.